The van der Waals surface area contributed by atoms with Crippen molar-refractivity contribution in [1.29, 1.82) is 0 Å². The van der Waals surface area contributed by atoms with Gasteiger partial charge in [0.25, 0.3) is 0 Å². The molecule has 0 aliphatic carbocycles. The molecule has 3 aromatic heterocycles. The fourth-order valence-corrected chi connectivity index (χ4v) is 3.87. The van der Waals surface area contributed by atoms with E-state index in [0.29, 0.717) is 39.9 Å². The molecule has 0 saturated heterocycles. The number of ketones is 1. The molecule has 39 heavy (non-hydrogen) atoms. The molecule has 11 nitrogen and oxygen atoms in total. The first-order valence-electron chi connectivity index (χ1n) is 12.1. The van der Waals surface area contributed by atoms with Gasteiger partial charge in [-0.1, -0.05) is 13.0 Å². The summed E-state index contributed by atoms with van der Waals surface area (Å²) in [5, 5.41) is 10.6. The molecule has 0 unspecified atom stereocenters. The number of Topliss-reactive ketones (excluding diaryl/α,β-unsaturated/α-hetero) is 1. The number of pyridine rings is 1. The summed E-state index contributed by atoms with van der Waals surface area (Å²) in [7, 11) is 6.42. The number of carbonyl (C=O) groups excluding carboxylic acids is 1. The monoisotopic (exact) mass is 537 g/mol. The highest BCUT2D eigenvalue weighted by Crippen LogP contribution is 2.37. The molecule has 2 N–H and O–H groups in total. The van der Waals surface area contributed by atoms with Crippen molar-refractivity contribution in [3.05, 3.63) is 60.4 Å². The van der Waals surface area contributed by atoms with Crippen molar-refractivity contribution in [3.63, 3.8) is 0 Å². The Morgan fingerprint density at radius 2 is 1.82 bits per heavy atom. The third-order valence-corrected chi connectivity index (χ3v) is 5.65. The number of likely N-dealkylation sites (N-methyl/N-ethyl adjacent to an activating group) is 1. The second kappa shape index (κ2) is 11.5. The van der Waals surface area contributed by atoms with Crippen LogP contribution in [0, 0.1) is 0 Å². The van der Waals surface area contributed by atoms with E-state index in [1.54, 1.807) is 51.2 Å². The van der Waals surface area contributed by atoms with E-state index in [1.165, 1.54) is 24.4 Å². The Labute approximate surface area is 224 Å². The first-order valence-corrected chi connectivity index (χ1v) is 12.1. The van der Waals surface area contributed by atoms with Crippen molar-refractivity contribution in [1.82, 2.24) is 34.6 Å². The summed E-state index contributed by atoms with van der Waals surface area (Å²) >= 11 is 0. The number of nitrogens with one attached hydrogen (secondary N) is 2. The van der Waals surface area contributed by atoms with Gasteiger partial charge in [-0.3, -0.25) is 9.48 Å². The van der Waals surface area contributed by atoms with Crippen LogP contribution in [-0.2, 0) is 13.0 Å². The van der Waals surface area contributed by atoms with Crippen molar-refractivity contribution >= 4 is 28.8 Å². The van der Waals surface area contributed by atoms with Gasteiger partial charge in [0, 0.05) is 25.7 Å². The van der Waals surface area contributed by atoms with Gasteiger partial charge in [-0.2, -0.15) is 13.9 Å². The Balaban J connectivity index is 1.65. The molecule has 204 valence electrons. The number of rotatable bonds is 11. The van der Waals surface area contributed by atoms with E-state index in [2.05, 4.69) is 35.7 Å². The van der Waals surface area contributed by atoms with Crippen LogP contribution >= 0.6 is 0 Å². The molecule has 0 aliphatic rings. The molecule has 0 aliphatic heterocycles. The average Bonchev–Trinajstić information content (AvgIpc) is 3.34. The van der Waals surface area contributed by atoms with E-state index in [0.717, 1.165) is 6.20 Å². The number of aryl methyl sites for hydroxylation is 1. The SMILES string of the molecule is CCC(=O)c1cnc(Nc2cnc(C(F)(F)CN(C)C)cn2)cc1Nc1cccc(-c2ncn(C)n2)c1OC. The first-order chi connectivity index (χ1) is 18.6. The molecule has 0 saturated carbocycles. The van der Waals surface area contributed by atoms with E-state index in [4.69, 9.17) is 4.74 Å². The zero-order chi connectivity index (χ0) is 28.2. The predicted molar refractivity (Wildman–Crippen MR) is 143 cm³/mol. The Morgan fingerprint density at radius 3 is 2.44 bits per heavy atom. The topological polar surface area (TPSA) is 123 Å². The number of aromatic nitrogens is 6. The van der Waals surface area contributed by atoms with Crippen molar-refractivity contribution < 1.29 is 18.3 Å². The van der Waals surface area contributed by atoms with Gasteiger partial charge < -0.3 is 20.3 Å². The fraction of sp³-hybridized carbons (Fsp3) is 0.308. The van der Waals surface area contributed by atoms with Gasteiger partial charge in [-0.05, 0) is 26.2 Å². The van der Waals surface area contributed by atoms with Crippen LogP contribution in [-0.4, -0.2) is 68.1 Å². The van der Waals surface area contributed by atoms with Crippen LogP contribution in [0.4, 0.5) is 31.8 Å². The zero-order valence-corrected chi connectivity index (χ0v) is 22.2. The Kier molecular flexibility index (Phi) is 8.10. The van der Waals surface area contributed by atoms with Gasteiger partial charge in [-0.15, -0.1) is 0 Å². The van der Waals surface area contributed by atoms with Crippen LogP contribution < -0.4 is 15.4 Å². The summed E-state index contributed by atoms with van der Waals surface area (Å²) in [4.78, 5) is 30.7. The Morgan fingerprint density at radius 1 is 1.05 bits per heavy atom. The van der Waals surface area contributed by atoms with E-state index in [1.807, 2.05) is 12.1 Å². The van der Waals surface area contributed by atoms with Crippen LogP contribution in [0.15, 0.2) is 49.2 Å². The van der Waals surface area contributed by atoms with Crippen molar-refractivity contribution in [2.24, 2.45) is 7.05 Å². The summed E-state index contributed by atoms with van der Waals surface area (Å²) in [6, 6.07) is 7.09. The standard InChI is InChI=1S/C26H29F2N9O2/c1-6-20(38)17-11-30-22(34-23-13-29-21(12-31-23)26(27,28)14-36(2)3)10-19(17)33-18-9-7-8-16(24(18)39-5)25-32-15-37(4)35-25/h7-13,15H,6,14H2,1-5H3,(H2,30,31,33,34). The lowest BCUT2D eigenvalue weighted by Gasteiger charge is -2.19. The molecule has 13 heteroatoms. The molecule has 4 rings (SSSR count). The lowest BCUT2D eigenvalue weighted by molar-refractivity contribution is -0.0313. The van der Waals surface area contributed by atoms with Crippen LogP contribution in [0.25, 0.3) is 11.4 Å². The number of methoxy groups -OCH3 is 1. The summed E-state index contributed by atoms with van der Waals surface area (Å²) in [5.74, 6) is -1.75. The lowest BCUT2D eigenvalue weighted by atomic mass is 10.1. The molecule has 3 heterocycles. The molecule has 0 bridgehead atoms. The number of hydrogen-bond acceptors (Lipinski definition) is 10. The second-order valence-corrected chi connectivity index (χ2v) is 9.00. The molecule has 4 aromatic rings. The predicted octanol–water partition coefficient (Wildman–Crippen LogP) is 4.41. The summed E-state index contributed by atoms with van der Waals surface area (Å²) < 4.78 is 36.0. The molecule has 1 aromatic carbocycles. The van der Waals surface area contributed by atoms with E-state index in [-0.39, 0.29) is 18.0 Å². The van der Waals surface area contributed by atoms with Crippen LogP contribution in [0.3, 0.4) is 0 Å². The zero-order valence-electron chi connectivity index (χ0n) is 22.2. The Bertz CT molecular complexity index is 1460. The van der Waals surface area contributed by atoms with Crippen molar-refractivity contribution in [3.8, 4) is 17.1 Å². The van der Waals surface area contributed by atoms with Crippen LogP contribution in [0.1, 0.15) is 29.4 Å². The van der Waals surface area contributed by atoms with Crippen LogP contribution in [0.5, 0.6) is 5.75 Å². The normalized spacial score (nSPS) is 11.5. The fourth-order valence-electron chi connectivity index (χ4n) is 3.87. The molecule has 0 spiro atoms. The molecule has 0 radical (unpaired) electrons. The smallest absolute Gasteiger partial charge is 0.303 e. The highest BCUT2D eigenvalue weighted by Gasteiger charge is 2.34. The number of hydrogen-bond donors (Lipinski definition) is 2. The molecule has 0 atom stereocenters. The van der Waals surface area contributed by atoms with Crippen molar-refractivity contribution in [2.45, 2.75) is 19.3 Å². The second-order valence-electron chi connectivity index (χ2n) is 9.00. The maximum absolute atomic E-state index is 14.3. The number of alkyl halides is 2. The lowest BCUT2D eigenvalue weighted by Crippen LogP contribution is -2.30. The average molecular weight is 538 g/mol. The number of nitrogens with zero attached hydrogens (tertiary/aromatic N) is 7. The Hall–Kier alpha value is -4.52. The quantitative estimate of drug-likeness (QED) is 0.266. The number of benzene rings is 1. The first kappa shape index (κ1) is 27.5. The number of anilines is 4. The van der Waals surface area contributed by atoms with E-state index in [9.17, 15) is 13.6 Å². The molecule has 0 fully saturated rings. The van der Waals surface area contributed by atoms with E-state index < -0.39 is 18.2 Å². The summed E-state index contributed by atoms with van der Waals surface area (Å²) in [6.45, 7) is 1.27. The number of halogens is 2. The van der Waals surface area contributed by atoms with E-state index >= 15 is 0 Å². The minimum absolute atomic E-state index is 0.120. The van der Waals surface area contributed by atoms with Crippen molar-refractivity contribution in [2.75, 3.05) is 38.4 Å². The summed E-state index contributed by atoms with van der Waals surface area (Å²) in [6.07, 6.45) is 5.55. The van der Waals surface area contributed by atoms with Gasteiger partial charge >= 0.3 is 5.92 Å². The van der Waals surface area contributed by atoms with Gasteiger partial charge in [0.15, 0.2) is 17.4 Å². The van der Waals surface area contributed by atoms with Gasteiger partial charge in [-0.25, -0.2) is 19.9 Å². The van der Waals surface area contributed by atoms with Crippen LogP contribution in [0.2, 0.25) is 0 Å². The molecule has 0 amide bonds. The summed E-state index contributed by atoms with van der Waals surface area (Å²) in [5.41, 5.74) is 1.65. The van der Waals surface area contributed by atoms with Gasteiger partial charge in [0.05, 0.1) is 48.5 Å². The minimum Gasteiger partial charge on any atom is -0.494 e. The van der Waals surface area contributed by atoms with Gasteiger partial charge in [0.2, 0.25) is 0 Å². The maximum atomic E-state index is 14.3. The minimum atomic E-state index is -3.15. The highest BCUT2D eigenvalue weighted by molar-refractivity contribution is 6.02. The number of ether oxygens (including phenoxy) is 1. The highest BCUT2D eigenvalue weighted by atomic mass is 19.3. The molecular formula is C26H29F2N9O2. The largest absolute Gasteiger partial charge is 0.494 e. The number of para-hydroxylation sites is 1. The third-order valence-electron chi connectivity index (χ3n) is 5.65. The molecular weight excluding hydrogens is 508 g/mol. The van der Waals surface area contributed by atoms with Gasteiger partial charge in [0.1, 0.15) is 23.7 Å². The number of carbonyl (C=O) groups is 1. The third kappa shape index (κ3) is 6.32. The maximum Gasteiger partial charge on any atom is 0.303 e.